The number of aryl methyl sites for hydroxylation is 1. The summed E-state index contributed by atoms with van der Waals surface area (Å²) in [5.41, 5.74) is -1.68. The van der Waals surface area contributed by atoms with Crippen molar-refractivity contribution >= 4 is 23.4 Å². The second-order valence-corrected chi connectivity index (χ2v) is 6.19. The van der Waals surface area contributed by atoms with Crippen LogP contribution in [0, 0.1) is 0 Å². The molecule has 0 aliphatic heterocycles. The summed E-state index contributed by atoms with van der Waals surface area (Å²) in [6.45, 7) is 0. The lowest BCUT2D eigenvalue weighted by Crippen LogP contribution is -1.99. The van der Waals surface area contributed by atoms with E-state index in [4.69, 9.17) is 11.6 Å². The van der Waals surface area contributed by atoms with Crippen molar-refractivity contribution in [1.29, 1.82) is 0 Å². The summed E-state index contributed by atoms with van der Waals surface area (Å²) in [7, 11) is 0. The normalized spacial score (nSPS) is 14.3. The third-order valence-electron chi connectivity index (χ3n) is 3.23. The van der Waals surface area contributed by atoms with Gasteiger partial charge >= 0.3 is 5.51 Å². The summed E-state index contributed by atoms with van der Waals surface area (Å²) >= 11 is 6.00. The maximum absolute atomic E-state index is 12.3. The van der Waals surface area contributed by atoms with Gasteiger partial charge in [-0.2, -0.15) is 13.2 Å². The molecule has 0 fully saturated rings. The van der Waals surface area contributed by atoms with Gasteiger partial charge in [-0.1, -0.05) is 23.7 Å². The Bertz CT molecular complexity index is 671. The summed E-state index contributed by atoms with van der Waals surface area (Å²) in [5.74, 6) is 0.462. The van der Waals surface area contributed by atoms with Crippen LogP contribution in [0.15, 0.2) is 29.2 Å². The zero-order valence-corrected chi connectivity index (χ0v) is 12.3. The van der Waals surface area contributed by atoms with Gasteiger partial charge in [-0.15, -0.1) is 0 Å². The van der Waals surface area contributed by atoms with E-state index in [2.05, 4.69) is 9.97 Å². The number of hydrogen-bond acceptors (Lipinski definition) is 3. The van der Waals surface area contributed by atoms with Crippen LogP contribution in [0.25, 0.3) is 11.4 Å². The molecule has 0 bridgehead atoms. The number of benzene rings is 1. The van der Waals surface area contributed by atoms with Crippen LogP contribution in [0.4, 0.5) is 13.2 Å². The number of rotatable bonds is 2. The molecule has 0 saturated heterocycles. The topological polar surface area (TPSA) is 25.8 Å². The van der Waals surface area contributed by atoms with Crippen molar-refractivity contribution in [2.24, 2.45) is 0 Å². The van der Waals surface area contributed by atoms with Crippen molar-refractivity contribution in [2.45, 2.75) is 29.7 Å². The first kappa shape index (κ1) is 14.7. The Morgan fingerprint density at radius 3 is 2.43 bits per heavy atom. The molecular weight excluding hydrogens is 321 g/mol. The highest BCUT2D eigenvalue weighted by molar-refractivity contribution is 8.00. The SMILES string of the molecule is FC(F)(F)Sc1ccc(-c2nc(Cl)c3c(n2)CCC3)cc1. The number of fused-ring (bicyclic) bond motifs is 1. The third kappa shape index (κ3) is 3.32. The van der Waals surface area contributed by atoms with Gasteiger partial charge in [0.15, 0.2) is 5.82 Å². The van der Waals surface area contributed by atoms with Gasteiger partial charge in [0.05, 0.1) is 0 Å². The number of halogens is 4. The molecule has 0 spiro atoms. The van der Waals surface area contributed by atoms with Gasteiger partial charge in [-0.3, -0.25) is 0 Å². The van der Waals surface area contributed by atoms with Crippen molar-refractivity contribution < 1.29 is 13.2 Å². The predicted octanol–water partition coefficient (Wildman–Crippen LogP) is 4.90. The number of alkyl halides is 3. The van der Waals surface area contributed by atoms with E-state index in [0.29, 0.717) is 16.5 Å². The minimum atomic E-state index is -4.28. The van der Waals surface area contributed by atoms with E-state index in [1.54, 1.807) is 12.1 Å². The van der Waals surface area contributed by atoms with Gasteiger partial charge in [0.25, 0.3) is 0 Å². The molecule has 3 rings (SSSR count). The van der Waals surface area contributed by atoms with Gasteiger partial charge in [0, 0.05) is 21.7 Å². The monoisotopic (exact) mass is 330 g/mol. The Labute approximate surface area is 128 Å². The maximum Gasteiger partial charge on any atom is 0.446 e. The molecule has 0 saturated carbocycles. The highest BCUT2D eigenvalue weighted by Gasteiger charge is 2.29. The van der Waals surface area contributed by atoms with Crippen LogP contribution in [0.2, 0.25) is 5.15 Å². The standard InChI is InChI=1S/C14H10ClF3N2S/c15-12-10-2-1-3-11(10)19-13(20-12)8-4-6-9(7-5-8)21-14(16,17)18/h4-7H,1-3H2. The Morgan fingerprint density at radius 1 is 1.05 bits per heavy atom. The van der Waals surface area contributed by atoms with Crippen LogP contribution < -0.4 is 0 Å². The molecule has 1 aliphatic rings. The summed E-state index contributed by atoms with van der Waals surface area (Å²) in [6, 6.07) is 6.00. The highest BCUT2D eigenvalue weighted by atomic mass is 35.5. The molecule has 1 aliphatic carbocycles. The maximum atomic E-state index is 12.3. The summed E-state index contributed by atoms with van der Waals surface area (Å²) in [5, 5.41) is 0.446. The Balaban J connectivity index is 1.89. The van der Waals surface area contributed by atoms with Crippen molar-refractivity contribution in [3.63, 3.8) is 0 Å². The lowest BCUT2D eigenvalue weighted by Gasteiger charge is -2.08. The molecule has 1 heterocycles. The third-order valence-corrected chi connectivity index (χ3v) is 4.28. The van der Waals surface area contributed by atoms with E-state index in [1.807, 2.05) is 0 Å². The van der Waals surface area contributed by atoms with Crippen LogP contribution in [0.3, 0.4) is 0 Å². The van der Waals surface area contributed by atoms with Crippen LogP contribution in [0.5, 0.6) is 0 Å². The minimum Gasteiger partial charge on any atom is -0.233 e. The second-order valence-electron chi connectivity index (χ2n) is 4.69. The molecule has 0 atom stereocenters. The fraction of sp³-hybridized carbons (Fsp3) is 0.286. The first-order valence-corrected chi connectivity index (χ1v) is 7.53. The van der Waals surface area contributed by atoms with Gasteiger partial charge < -0.3 is 0 Å². The fourth-order valence-corrected chi connectivity index (χ4v) is 3.14. The van der Waals surface area contributed by atoms with Crippen LogP contribution in [-0.2, 0) is 12.8 Å². The van der Waals surface area contributed by atoms with Crippen molar-refractivity contribution in [1.82, 2.24) is 9.97 Å². The average Bonchev–Trinajstić information content (AvgIpc) is 2.86. The van der Waals surface area contributed by atoms with E-state index in [0.717, 1.165) is 30.5 Å². The van der Waals surface area contributed by atoms with Gasteiger partial charge in [-0.05, 0) is 43.2 Å². The largest absolute Gasteiger partial charge is 0.446 e. The molecular formula is C14H10ClF3N2S. The van der Waals surface area contributed by atoms with Crippen molar-refractivity contribution in [3.8, 4) is 11.4 Å². The van der Waals surface area contributed by atoms with E-state index in [1.165, 1.54) is 12.1 Å². The lowest BCUT2D eigenvalue weighted by atomic mass is 10.2. The summed E-state index contributed by atoms with van der Waals surface area (Å²) < 4.78 is 36.9. The number of hydrogen-bond donors (Lipinski definition) is 0. The molecule has 2 nitrogen and oxygen atoms in total. The summed E-state index contributed by atoms with van der Waals surface area (Å²) in [4.78, 5) is 8.85. The van der Waals surface area contributed by atoms with Gasteiger partial charge in [0.1, 0.15) is 5.15 Å². The lowest BCUT2D eigenvalue weighted by molar-refractivity contribution is -0.0328. The molecule has 2 aromatic rings. The number of aromatic nitrogens is 2. The molecule has 0 unspecified atom stereocenters. The van der Waals surface area contributed by atoms with Crippen molar-refractivity contribution in [2.75, 3.05) is 0 Å². The summed E-state index contributed by atoms with van der Waals surface area (Å²) in [6.07, 6.45) is 2.76. The van der Waals surface area contributed by atoms with Crippen LogP contribution >= 0.6 is 23.4 Å². The van der Waals surface area contributed by atoms with E-state index in [9.17, 15) is 13.2 Å². The molecule has 21 heavy (non-hydrogen) atoms. The van der Waals surface area contributed by atoms with E-state index >= 15 is 0 Å². The molecule has 1 aromatic heterocycles. The minimum absolute atomic E-state index is 0.138. The van der Waals surface area contributed by atoms with Crippen molar-refractivity contribution in [3.05, 3.63) is 40.7 Å². The molecule has 0 radical (unpaired) electrons. The second kappa shape index (κ2) is 5.50. The zero-order valence-electron chi connectivity index (χ0n) is 10.7. The molecule has 110 valence electrons. The number of nitrogens with zero attached hydrogens (tertiary/aromatic N) is 2. The molecule has 7 heteroatoms. The predicted molar refractivity (Wildman–Crippen MR) is 76.4 cm³/mol. The zero-order chi connectivity index (χ0) is 15.0. The Hall–Kier alpha value is -1.27. The average molecular weight is 331 g/mol. The number of thioether (sulfide) groups is 1. The first-order chi connectivity index (χ1) is 9.92. The van der Waals surface area contributed by atoms with Gasteiger partial charge in [-0.25, -0.2) is 9.97 Å². The smallest absolute Gasteiger partial charge is 0.233 e. The molecule has 0 N–H and O–H groups in total. The van der Waals surface area contributed by atoms with E-state index in [-0.39, 0.29) is 16.7 Å². The van der Waals surface area contributed by atoms with Crippen LogP contribution in [0.1, 0.15) is 17.7 Å². The Kier molecular flexibility index (Phi) is 3.84. The van der Waals surface area contributed by atoms with Gasteiger partial charge in [0.2, 0.25) is 0 Å². The highest BCUT2D eigenvalue weighted by Crippen LogP contribution is 2.37. The molecule has 0 amide bonds. The fourth-order valence-electron chi connectivity index (χ4n) is 2.32. The molecule has 1 aromatic carbocycles. The quantitative estimate of drug-likeness (QED) is 0.578. The Morgan fingerprint density at radius 2 is 1.76 bits per heavy atom. The van der Waals surface area contributed by atoms with E-state index < -0.39 is 5.51 Å². The van der Waals surface area contributed by atoms with Crippen LogP contribution in [-0.4, -0.2) is 15.5 Å². The first-order valence-electron chi connectivity index (χ1n) is 6.34.